The minimum absolute atomic E-state index is 0.0998. The highest BCUT2D eigenvalue weighted by Crippen LogP contribution is 2.47. The number of hydrogen-bond donors (Lipinski definition) is 1. The Bertz CT molecular complexity index is 1250. The lowest BCUT2D eigenvalue weighted by molar-refractivity contribution is -0.384. The molecule has 1 N–H and O–H groups in total. The molecule has 0 bridgehead atoms. The number of carbonyl (C=O) groups is 2. The van der Waals surface area contributed by atoms with Gasteiger partial charge in [0.05, 0.1) is 24.2 Å². The summed E-state index contributed by atoms with van der Waals surface area (Å²) in [7, 11) is 1.60. The van der Waals surface area contributed by atoms with E-state index in [9.17, 15) is 19.7 Å². The number of nitrogens with zero attached hydrogens (tertiary/aromatic N) is 1. The van der Waals surface area contributed by atoms with Crippen LogP contribution in [0.1, 0.15) is 56.1 Å². The number of benzene rings is 2. The molecule has 1 aliphatic heterocycles. The van der Waals surface area contributed by atoms with E-state index < -0.39 is 16.8 Å². The molecule has 1 heterocycles. The van der Waals surface area contributed by atoms with E-state index in [2.05, 4.69) is 5.32 Å². The standard InChI is InChI=1S/C27H28N2O6/c1-4-12-35-27(31)24-16(2)28-21-14-18(20-10-5-6-11-23(20)34-3)15-22(30)26(21)25(24)17-8-7-9-19(13-17)29(32)33/h5-11,13,18,25,28H,4,12,14-15H2,1-3H3/t18-,25+/m0/s1. The number of ether oxygens (including phenoxy) is 2. The summed E-state index contributed by atoms with van der Waals surface area (Å²) < 4.78 is 11.0. The summed E-state index contributed by atoms with van der Waals surface area (Å²) in [6.45, 7) is 3.91. The third-order valence-electron chi connectivity index (χ3n) is 6.48. The highest BCUT2D eigenvalue weighted by Gasteiger charge is 2.42. The van der Waals surface area contributed by atoms with Crippen molar-refractivity contribution >= 4 is 17.4 Å². The second-order valence-electron chi connectivity index (χ2n) is 8.75. The van der Waals surface area contributed by atoms with Crippen molar-refractivity contribution in [2.45, 2.75) is 44.9 Å². The van der Waals surface area contributed by atoms with Gasteiger partial charge in [0.25, 0.3) is 5.69 Å². The van der Waals surface area contributed by atoms with Gasteiger partial charge in [-0.05, 0) is 37.0 Å². The molecule has 0 fully saturated rings. The molecule has 0 saturated heterocycles. The molecule has 35 heavy (non-hydrogen) atoms. The average molecular weight is 477 g/mol. The van der Waals surface area contributed by atoms with E-state index in [0.29, 0.717) is 35.2 Å². The Morgan fingerprint density at radius 1 is 1.17 bits per heavy atom. The van der Waals surface area contributed by atoms with Gasteiger partial charge in [-0.3, -0.25) is 14.9 Å². The summed E-state index contributed by atoms with van der Waals surface area (Å²) in [5.74, 6) is -0.769. The van der Waals surface area contributed by atoms with Crippen molar-refractivity contribution in [1.82, 2.24) is 5.32 Å². The predicted molar refractivity (Wildman–Crippen MR) is 130 cm³/mol. The fraction of sp³-hybridized carbons (Fsp3) is 0.333. The lowest BCUT2D eigenvalue weighted by Crippen LogP contribution is -2.36. The number of nitrogens with one attached hydrogen (secondary N) is 1. The molecule has 4 rings (SSSR count). The van der Waals surface area contributed by atoms with Gasteiger partial charge in [-0.2, -0.15) is 0 Å². The molecule has 2 aromatic rings. The smallest absolute Gasteiger partial charge is 0.336 e. The fourth-order valence-corrected chi connectivity index (χ4v) is 4.96. The molecular weight excluding hydrogens is 448 g/mol. The van der Waals surface area contributed by atoms with Crippen LogP contribution in [0.2, 0.25) is 0 Å². The summed E-state index contributed by atoms with van der Waals surface area (Å²) in [5.41, 5.74) is 3.43. The van der Waals surface area contributed by atoms with Crippen LogP contribution in [0.25, 0.3) is 0 Å². The maximum atomic E-state index is 13.7. The van der Waals surface area contributed by atoms with Crippen molar-refractivity contribution in [2.75, 3.05) is 13.7 Å². The van der Waals surface area contributed by atoms with E-state index in [4.69, 9.17) is 9.47 Å². The Balaban J connectivity index is 1.82. The fourth-order valence-electron chi connectivity index (χ4n) is 4.96. The minimum atomic E-state index is -0.748. The molecule has 0 aromatic heterocycles. The van der Waals surface area contributed by atoms with Crippen molar-refractivity contribution in [3.05, 3.63) is 92.3 Å². The summed E-state index contributed by atoms with van der Waals surface area (Å²) in [4.78, 5) is 37.8. The van der Waals surface area contributed by atoms with E-state index in [-0.39, 0.29) is 30.4 Å². The number of esters is 1. The van der Waals surface area contributed by atoms with Gasteiger partial charge in [0.2, 0.25) is 0 Å². The van der Waals surface area contributed by atoms with Gasteiger partial charge in [0.1, 0.15) is 5.75 Å². The van der Waals surface area contributed by atoms with Crippen LogP contribution < -0.4 is 10.1 Å². The van der Waals surface area contributed by atoms with Crippen molar-refractivity contribution in [2.24, 2.45) is 0 Å². The van der Waals surface area contributed by atoms with Crippen LogP contribution in [-0.2, 0) is 14.3 Å². The number of non-ortho nitro benzene ring substituents is 1. The van der Waals surface area contributed by atoms with E-state index in [1.165, 1.54) is 12.1 Å². The third kappa shape index (κ3) is 4.69. The Hall–Kier alpha value is -3.94. The number of para-hydroxylation sites is 1. The van der Waals surface area contributed by atoms with E-state index in [1.54, 1.807) is 26.2 Å². The van der Waals surface area contributed by atoms with Gasteiger partial charge in [-0.25, -0.2) is 4.79 Å². The summed E-state index contributed by atoms with van der Waals surface area (Å²) in [6, 6.07) is 13.7. The topological polar surface area (TPSA) is 108 Å². The number of nitro benzene ring substituents is 1. The van der Waals surface area contributed by atoms with Crippen molar-refractivity contribution in [1.29, 1.82) is 0 Å². The second-order valence-corrected chi connectivity index (χ2v) is 8.75. The molecular formula is C27H28N2O6. The van der Waals surface area contributed by atoms with E-state index >= 15 is 0 Å². The van der Waals surface area contributed by atoms with Crippen LogP contribution >= 0.6 is 0 Å². The first kappa shape index (κ1) is 24.2. The van der Waals surface area contributed by atoms with Crippen LogP contribution in [0.15, 0.2) is 71.1 Å². The van der Waals surface area contributed by atoms with Crippen molar-refractivity contribution in [3.63, 3.8) is 0 Å². The summed E-state index contributed by atoms with van der Waals surface area (Å²) in [6.07, 6.45) is 1.44. The quantitative estimate of drug-likeness (QED) is 0.343. The van der Waals surface area contributed by atoms with Gasteiger partial charge in [0, 0.05) is 47.4 Å². The number of nitro groups is 1. The molecule has 0 spiro atoms. The number of methoxy groups -OCH3 is 1. The first-order valence-electron chi connectivity index (χ1n) is 11.6. The van der Waals surface area contributed by atoms with Gasteiger partial charge < -0.3 is 14.8 Å². The first-order valence-corrected chi connectivity index (χ1v) is 11.6. The van der Waals surface area contributed by atoms with Crippen molar-refractivity contribution < 1.29 is 24.0 Å². The second kappa shape index (κ2) is 10.1. The van der Waals surface area contributed by atoms with Gasteiger partial charge in [-0.15, -0.1) is 0 Å². The molecule has 0 radical (unpaired) electrons. The highest BCUT2D eigenvalue weighted by molar-refractivity contribution is 6.04. The highest BCUT2D eigenvalue weighted by atomic mass is 16.6. The Kier molecular flexibility index (Phi) is 7.00. The van der Waals surface area contributed by atoms with Gasteiger partial charge in [0.15, 0.2) is 5.78 Å². The number of rotatable bonds is 7. The number of hydrogen-bond acceptors (Lipinski definition) is 7. The number of carbonyl (C=O) groups excluding carboxylic acids is 2. The normalized spacial score (nSPS) is 19.7. The zero-order chi connectivity index (χ0) is 25.1. The van der Waals surface area contributed by atoms with E-state index in [1.807, 2.05) is 31.2 Å². The lowest BCUT2D eigenvalue weighted by Gasteiger charge is -2.36. The summed E-state index contributed by atoms with van der Waals surface area (Å²) in [5, 5.41) is 14.8. The first-order chi connectivity index (χ1) is 16.8. The number of ketones is 1. The minimum Gasteiger partial charge on any atom is -0.496 e. The zero-order valence-corrected chi connectivity index (χ0v) is 20.0. The average Bonchev–Trinajstić information content (AvgIpc) is 2.86. The van der Waals surface area contributed by atoms with Crippen LogP contribution in [0.4, 0.5) is 5.69 Å². The van der Waals surface area contributed by atoms with Crippen LogP contribution in [0, 0.1) is 10.1 Å². The SMILES string of the molecule is CCCOC(=O)C1=C(C)NC2=C(C(=O)C[C@@H](c3ccccc3OC)C2)[C@@H]1c1cccc([N+](=O)[O-])c1. The summed E-state index contributed by atoms with van der Waals surface area (Å²) >= 11 is 0. The maximum Gasteiger partial charge on any atom is 0.336 e. The number of Topliss-reactive ketones (excluding diaryl/α,β-unsaturated/α-hetero) is 1. The Morgan fingerprint density at radius 2 is 1.94 bits per heavy atom. The predicted octanol–water partition coefficient (Wildman–Crippen LogP) is 4.92. The molecule has 0 saturated carbocycles. The van der Waals surface area contributed by atoms with Crippen molar-refractivity contribution in [3.8, 4) is 5.75 Å². The Morgan fingerprint density at radius 3 is 2.66 bits per heavy atom. The van der Waals surface area contributed by atoms with E-state index in [0.717, 1.165) is 17.0 Å². The van der Waals surface area contributed by atoms with Gasteiger partial charge >= 0.3 is 5.97 Å². The molecule has 2 aromatic carbocycles. The molecule has 2 aliphatic rings. The molecule has 8 nitrogen and oxygen atoms in total. The molecule has 0 unspecified atom stereocenters. The van der Waals surface area contributed by atoms with Crippen LogP contribution in [0.5, 0.6) is 5.75 Å². The number of allylic oxidation sites excluding steroid dienone is 3. The molecule has 0 amide bonds. The molecule has 182 valence electrons. The maximum absolute atomic E-state index is 13.7. The largest absolute Gasteiger partial charge is 0.496 e. The zero-order valence-electron chi connectivity index (χ0n) is 20.0. The lowest BCUT2D eigenvalue weighted by atomic mass is 9.71. The molecule has 8 heteroatoms. The molecule has 1 aliphatic carbocycles. The monoisotopic (exact) mass is 476 g/mol. The van der Waals surface area contributed by atoms with Crippen LogP contribution in [0.3, 0.4) is 0 Å². The van der Waals surface area contributed by atoms with Gasteiger partial charge in [-0.1, -0.05) is 37.3 Å². The Labute approximate surface area is 203 Å². The molecule has 2 atom stereocenters. The van der Waals surface area contributed by atoms with Crippen LogP contribution in [-0.4, -0.2) is 30.4 Å². The number of dihydropyridines is 1. The third-order valence-corrected chi connectivity index (χ3v) is 6.48.